The number of allylic oxidation sites excluding steroid dienone is 1. The van der Waals surface area contributed by atoms with Crippen molar-refractivity contribution in [3.63, 3.8) is 0 Å². The highest BCUT2D eigenvalue weighted by Gasteiger charge is 2.60. The van der Waals surface area contributed by atoms with E-state index in [0.717, 1.165) is 11.1 Å². The Kier molecular flexibility index (Phi) is 12.2. The third-order valence-corrected chi connectivity index (χ3v) is 9.19. The Hall–Kier alpha value is -1.58. The molecule has 0 saturated carbocycles. The van der Waals surface area contributed by atoms with Crippen LogP contribution in [0.4, 0.5) is 0 Å². The molecule has 2 aliphatic heterocycles. The zero-order chi connectivity index (χ0) is 30.6. The number of fused-ring (bicyclic) bond motifs is 2. The highest BCUT2D eigenvalue weighted by atomic mass is 16.7. The lowest BCUT2D eigenvalue weighted by atomic mass is 9.82. The van der Waals surface area contributed by atoms with E-state index in [4.69, 9.17) is 9.47 Å². The number of rotatable bonds is 11. The summed E-state index contributed by atoms with van der Waals surface area (Å²) in [4.78, 5) is 26.1. The molecule has 0 aliphatic carbocycles. The Labute approximate surface area is 240 Å². The number of aliphatic hydroxyl groups is 4. The molecule has 40 heavy (non-hydrogen) atoms. The molecule has 2 rings (SSSR count). The molecular formula is C32H54O8. The van der Waals surface area contributed by atoms with E-state index in [1.165, 1.54) is 0 Å². The first-order chi connectivity index (χ1) is 18.5. The summed E-state index contributed by atoms with van der Waals surface area (Å²) in [5.74, 6) is -4.55. The summed E-state index contributed by atoms with van der Waals surface area (Å²) in [5.41, 5.74) is 0.704. The summed E-state index contributed by atoms with van der Waals surface area (Å²) < 4.78 is 11.7. The van der Waals surface area contributed by atoms with Crippen LogP contribution in [-0.2, 0) is 19.1 Å². The lowest BCUT2D eigenvalue weighted by Crippen LogP contribution is -2.42. The maximum absolute atomic E-state index is 13.1. The number of esters is 1. The van der Waals surface area contributed by atoms with Crippen LogP contribution in [0.3, 0.4) is 0 Å². The van der Waals surface area contributed by atoms with Crippen LogP contribution >= 0.6 is 0 Å². The lowest BCUT2D eigenvalue weighted by Gasteiger charge is -2.32. The first-order valence-electron chi connectivity index (χ1n) is 15.0. The van der Waals surface area contributed by atoms with Gasteiger partial charge in [0.25, 0.3) is 0 Å². The van der Waals surface area contributed by atoms with Gasteiger partial charge in [0.2, 0.25) is 0 Å². The second-order valence-electron chi connectivity index (χ2n) is 12.9. The van der Waals surface area contributed by atoms with E-state index in [9.17, 15) is 30.0 Å². The number of ketones is 1. The van der Waals surface area contributed by atoms with Crippen LogP contribution in [-0.4, -0.2) is 68.0 Å². The van der Waals surface area contributed by atoms with Crippen LogP contribution in [0.25, 0.3) is 0 Å². The fraction of sp³-hybridized carbons (Fsp3) is 0.812. The van der Waals surface area contributed by atoms with Gasteiger partial charge in [-0.15, -0.1) is 0 Å². The quantitative estimate of drug-likeness (QED) is 0.213. The monoisotopic (exact) mass is 566 g/mol. The third-order valence-electron chi connectivity index (χ3n) is 9.19. The number of hydrogen-bond donors (Lipinski definition) is 4. The molecule has 11 atom stereocenters. The first-order valence-corrected chi connectivity index (χ1v) is 15.0. The summed E-state index contributed by atoms with van der Waals surface area (Å²) in [6.45, 7) is 16.8. The molecule has 0 amide bonds. The molecule has 2 bridgehead atoms. The van der Waals surface area contributed by atoms with Crippen LogP contribution in [0.2, 0.25) is 0 Å². The predicted octanol–water partition coefficient (Wildman–Crippen LogP) is 4.47. The van der Waals surface area contributed by atoms with Crippen LogP contribution in [0.5, 0.6) is 0 Å². The standard InChI is InChI=1S/C32H54O8/c1-10-24-30(37)31(9)16-18(3)12-13-26(39-27(34)17-32(24,38)40-31)23(8)29(36)21(6)15-19(4)14-20(5)28(35)22(7)25(33)11-2/h12,14,20-26,28-29,33,35-36,38H,10-11,13,15-17H2,1-9H3/b18-12+,19-14+. The van der Waals surface area contributed by atoms with Crippen molar-refractivity contribution in [1.29, 1.82) is 0 Å². The van der Waals surface area contributed by atoms with Gasteiger partial charge in [0.15, 0.2) is 11.6 Å². The Balaban J connectivity index is 2.17. The Morgan fingerprint density at radius 3 is 2.30 bits per heavy atom. The fourth-order valence-electron chi connectivity index (χ4n) is 6.64. The second kappa shape index (κ2) is 14.1. The zero-order valence-corrected chi connectivity index (χ0v) is 26.0. The minimum absolute atomic E-state index is 0.152. The third kappa shape index (κ3) is 8.03. The largest absolute Gasteiger partial charge is 0.461 e. The van der Waals surface area contributed by atoms with Crippen molar-refractivity contribution in [3.05, 3.63) is 23.3 Å². The molecule has 11 unspecified atom stereocenters. The Morgan fingerprint density at radius 2 is 1.73 bits per heavy atom. The number of carbonyl (C=O) groups is 2. The summed E-state index contributed by atoms with van der Waals surface area (Å²) in [5, 5.41) is 43.3. The van der Waals surface area contributed by atoms with Crippen molar-refractivity contribution in [2.75, 3.05) is 0 Å². The van der Waals surface area contributed by atoms with Crippen LogP contribution in [0.15, 0.2) is 23.3 Å². The number of ether oxygens (including phenoxy) is 2. The molecule has 1 saturated heterocycles. The topological polar surface area (TPSA) is 134 Å². The molecule has 2 heterocycles. The van der Waals surface area contributed by atoms with Crippen molar-refractivity contribution < 1.29 is 39.5 Å². The van der Waals surface area contributed by atoms with E-state index in [-0.39, 0.29) is 23.5 Å². The molecule has 0 radical (unpaired) electrons. The second-order valence-corrected chi connectivity index (χ2v) is 12.9. The normalized spacial score (nSPS) is 34.9. The van der Waals surface area contributed by atoms with Crippen molar-refractivity contribution in [1.82, 2.24) is 0 Å². The van der Waals surface area contributed by atoms with Crippen molar-refractivity contribution >= 4 is 11.8 Å². The van der Waals surface area contributed by atoms with Crippen LogP contribution < -0.4 is 0 Å². The Bertz CT molecular complexity index is 943. The van der Waals surface area contributed by atoms with E-state index < -0.39 is 60.0 Å². The van der Waals surface area contributed by atoms with Gasteiger partial charge < -0.3 is 29.9 Å². The highest BCUT2D eigenvalue weighted by Crippen LogP contribution is 2.45. The smallest absolute Gasteiger partial charge is 0.311 e. The summed E-state index contributed by atoms with van der Waals surface area (Å²) in [6, 6.07) is 0. The summed E-state index contributed by atoms with van der Waals surface area (Å²) in [6.07, 6.45) is 3.04. The van der Waals surface area contributed by atoms with Crippen molar-refractivity contribution in [3.8, 4) is 0 Å². The SMILES string of the molecule is CCC(O)C(C)C(O)C(C)/C=C(\C)CC(C)C(O)C(C)C1C/C=C(\C)CC2(C)OC(O)(CC(=O)O1)C(CC)C2=O. The van der Waals surface area contributed by atoms with E-state index >= 15 is 0 Å². The number of aliphatic hydroxyl groups excluding tert-OH is 3. The predicted molar refractivity (Wildman–Crippen MR) is 154 cm³/mol. The molecule has 230 valence electrons. The summed E-state index contributed by atoms with van der Waals surface area (Å²) in [7, 11) is 0. The minimum atomic E-state index is -1.92. The fourth-order valence-corrected chi connectivity index (χ4v) is 6.64. The highest BCUT2D eigenvalue weighted by molar-refractivity contribution is 5.93. The lowest BCUT2D eigenvalue weighted by molar-refractivity contribution is -0.241. The summed E-state index contributed by atoms with van der Waals surface area (Å²) >= 11 is 0. The van der Waals surface area contributed by atoms with Crippen LogP contribution in [0, 0.1) is 29.6 Å². The van der Waals surface area contributed by atoms with Gasteiger partial charge in [-0.2, -0.15) is 0 Å². The van der Waals surface area contributed by atoms with Gasteiger partial charge in [0.1, 0.15) is 18.1 Å². The molecular weight excluding hydrogens is 512 g/mol. The van der Waals surface area contributed by atoms with E-state index in [1.54, 1.807) is 13.8 Å². The van der Waals surface area contributed by atoms with E-state index in [2.05, 4.69) is 0 Å². The molecule has 8 heteroatoms. The van der Waals surface area contributed by atoms with Crippen molar-refractivity contribution in [2.45, 2.75) is 137 Å². The molecule has 0 aromatic carbocycles. The van der Waals surface area contributed by atoms with Gasteiger partial charge in [-0.05, 0) is 46.0 Å². The maximum Gasteiger partial charge on any atom is 0.311 e. The average molecular weight is 567 g/mol. The number of Topliss-reactive ketones (excluding diaryl/α,β-unsaturated/α-hetero) is 1. The molecule has 0 spiro atoms. The molecule has 8 nitrogen and oxygen atoms in total. The Morgan fingerprint density at radius 1 is 1.10 bits per heavy atom. The average Bonchev–Trinajstić information content (AvgIpc) is 3.05. The van der Waals surface area contributed by atoms with Gasteiger partial charge in [0, 0.05) is 30.6 Å². The minimum Gasteiger partial charge on any atom is -0.461 e. The molecule has 4 N–H and O–H groups in total. The van der Waals surface area contributed by atoms with Gasteiger partial charge in [-0.1, -0.05) is 64.8 Å². The first kappa shape index (κ1) is 34.6. The van der Waals surface area contributed by atoms with E-state index in [0.29, 0.717) is 32.1 Å². The van der Waals surface area contributed by atoms with Crippen LogP contribution in [0.1, 0.15) is 101 Å². The molecule has 1 fully saturated rings. The number of hydrogen-bond acceptors (Lipinski definition) is 8. The molecule has 2 aliphatic rings. The molecule has 0 aromatic rings. The van der Waals surface area contributed by atoms with Gasteiger partial charge in [-0.3, -0.25) is 9.59 Å². The number of cyclic esters (lactones) is 1. The molecule has 0 aromatic heterocycles. The zero-order valence-electron chi connectivity index (χ0n) is 26.0. The number of carbonyl (C=O) groups excluding carboxylic acids is 2. The van der Waals surface area contributed by atoms with Gasteiger partial charge in [-0.25, -0.2) is 0 Å². The van der Waals surface area contributed by atoms with Crippen molar-refractivity contribution in [2.24, 2.45) is 29.6 Å². The maximum atomic E-state index is 13.1. The van der Waals surface area contributed by atoms with Gasteiger partial charge in [0.05, 0.1) is 24.2 Å². The van der Waals surface area contributed by atoms with E-state index in [1.807, 2.05) is 60.6 Å². The van der Waals surface area contributed by atoms with Gasteiger partial charge >= 0.3 is 5.97 Å².